The van der Waals surface area contributed by atoms with Crippen LogP contribution in [-0.4, -0.2) is 56.8 Å². The summed E-state index contributed by atoms with van der Waals surface area (Å²) in [5.74, 6) is 0.297. The predicted molar refractivity (Wildman–Crippen MR) is 125 cm³/mol. The Morgan fingerprint density at radius 1 is 1.03 bits per heavy atom. The molecule has 3 N–H and O–H groups in total. The molecule has 0 aromatic heterocycles. The number of hydrogen-bond acceptors (Lipinski definition) is 4. The molecule has 2 aliphatic rings. The van der Waals surface area contributed by atoms with Crippen molar-refractivity contribution >= 4 is 21.7 Å². The van der Waals surface area contributed by atoms with Gasteiger partial charge in [0.1, 0.15) is 0 Å². The summed E-state index contributed by atoms with van der Waals surface area (Å²) < 4.78 is 28.0. The molecule has 0 spiro atoms. The first-order valence-electron chi connectivity index (χ1n) is 10.9. The molecule has 1 fully saturated rings. The predicted octanol–water partition coefficient (Wildman–Crippen LogP) is 2.43. The Balaban J connectivity index is 1.51. The number of fused-ring (bicyclic) bond motifs is 1. The lowest BCUT2D eigenvalue weighted by atomic mass is 9.90. The van der Waals surface area contributed by atoms with Gasteiger partial charge in [-0.15, -0.1) is 0 Å². The number of guanidine groups is 1. The number of nitrogens with two attached hydrogens (primary N) is 1. The summed E-state index contributed by atoms with van der Waals surface area (Å²) in [5.41, 5.74) is 10.5. The molecule has 0 saturated carbocycles. The van der Waals surface area contributed by atoms with E-state index < -0.39 is 10.0 Å². The van der Waals surface area contributed by atoms with Crippen molar-refractivity contribution in [1.29, 1.82) is 0 Å². The van der Waals surface area contributed by atoms with E-state index >= 15 is 0 Å². The highest BCUT2D eigenvalue weighted by molar-refractivity contribution is 7.89. The number of benzene rings is 2. The molecule has 2 aromatic rings. The number of aliphatic imine (C=N–C) groups is 1. The van der Waals surface area contributed by atoms with E-state index in [-0.39, 0.29) is 6.54 Å². The largest absolute Gasteiger partial charge is 0.370 e. The van der Waals surface area contributed by atoms with Crippen LogP contribution in [-0.2, 0) is 29.4 Å². The van der Waals surface area contributed by atoms with E-state index in [0.717, 1.165) is 31.6 Å². The Hall–Kier alpha value is -2.42. The van der Waals surface area contributed by atoms with Crippen molar-refractivity contribution in [2.75, 3.05) is 38.5 Å². The number of likely N-dealkylation sites (N-methyl/N-ethyl adjacent to an activating group) is 1. The molecular formula is C23H31N5O2S. The molecule has 166 valence electrons. The molecule has 7 nitrogen and oxygen atoms in total. The van der Waals surface area contributed by atoms with Gasteiger partial charge >= 0.3 is 0 Å². The van der Waals surface area contributed by atoms with Crippen LogP contribution in [0.4, 0.5) is 5.69 Å². The average Bonchev–Trinajstić information content (AvgIpc) is 2.78. The molecule has 0 amide bonds. The van der Waals surface area contributed by atoms with Crippen LogP contribution in [0.25, 0.3) is 0 Å². The number of nitrogens with one attached hydrogen (secondary N) is 1. The van der Waals surface area contributed by atoms with Crippen LogP contribution in [0.1, 0.15) is 29.5 Å². The second kappa shape index (κ2) is 9.38. The zero-order valence-electron chi connectivity index (χ0n) is 18.0. The van der Waals surface area contributed by atoms with Gasteiger partial charge in [-0.2, -0.15) is 4.31 Å². The third-order valence-electron chi connectivity index (χ3n) is 6.13. The molecule has 0 atom stereocenters. The summed E-state index contributed by atoms with van der Waals surface area (Å²) in [6.45, 7) is 2.67. The molecule has 1 aliphatic heterocycles. The molecule has 2 aromatic carbocycles. The third kappa shape index (κ3) is 4.92. The number of hydrogen-bond donors (Lipinski definition) is 2. The molecule has 1 saturated heterocycles. The van der Waals surface area contributed by atoms with Crippen molar-refractivity contribution in [2.24, 2.45) is 10.7 Å². The Morgan fingerprint density at radius 3 is 2.58 bits per heavy atom. The molecule has 0 radical (unpaired) electrons. The topological polar surface area (TPSA) is 91.0 Å². The maximum Gasteiger partial charge on any atom is 0.243 e. The highest BCUT2D eigenvalue weighted by atomic mass is 32.2. The summed E-state index contributed by atoms with van der Waals surface area (Å²) in [5, 5.41) is 3.23. The third-order valence-corrected chi connectivity index (χ3v) is 8.13. The first-order valence-corrected chi connectivity index (χ1v) is 12.3. The Morgan fingerprint density at radius 2 is 1.77 bits per heavy atom. The number of sulfonamides is 1. The molecule has 31 heavy (non-hydrogen) atoms. The second-order valence-corrected chi connectivity index (χ2v) is 10.2. The van der Waals surface area contributed by atoms with Gasteiger partial charge in [0.25, 0.3) is 0 Å². The summed E-state index contributed by atoms with van der Waals surface area (Å²) in [4.78, 5) is 6.91. The quantitative estimate of drug-likeness (QED) is 0.549. The van der Waals surface area contributed by atoms with Crippen molar-refractivity contribution < 1.29 is 8.42 Å². The standard InChI is InChI=1S/C23H31N5O2S/c1-27-13-15-28(16-14-27)31(29,30)22-12-5-3-8-19(22)17-25-23(24)26-21-11-6-9-18-7-2-4-10-20(18)21/h3,5-6,8-9,11-12H,2,4,7,10,13-17H2,1H3,(H3,24,25,26). The monoisotopic (exact) mass is 441 g/mol. The molecule has 0 unspecified atom stereocenters. The summed E-state index contributed by atoms with van der Waals surface area (Å²) in [6, 6.07) is 13.3. The smallest absolute Gasteiger partial charge is 0.243 e. The van der Waals surface area contributed by atoms with Crippen LogP contribution in [0.2, 0.25) is 0 Å². The molecule has 0 bridgehead atoms. The van der Waals surface area contributed by atoms with Crippen LogP contribution in [0.5, 0.6) is 0 Å². The van der Waals surface area contributed by atoms with Crippen LogP contribution < -0.4 is 11.1 Å². The van der Waals surface area contributed by atoms with Gasteiger partial charge in [0.05, 0.1) is 11.4 Å². The van der Waals surface area contributed by atoms with Crippen LogP contribution >= 0.6 is 0 Å². The lowest BCUT2D eigenvalue weighted by Gasteiger charge is -2.32. The first kappa shape index (κ1) is 21.8. The van der Waals surface area contributed by atoms with E-state index in [9.17, 15) is 8.42 Å². The number of rotatable bonds is 5. The Bertz CT molecular complexity index is 1060. The number of piperazine rings is 1. The van der Waals surface area contributed by atoms with Crippen molar-refractivity contribution in [1.82, 2.24) is 9.21 Å². The lowest BCUT2D eigenvalue weighted by Crippen LogP contribution is -2.47. The number of aryl methyl sites for hydroxylation is 1. The van der Waals surface area contributed by atoms with Gasteiger partial charge in [0, 0.05) is 31.9 Å². The van der Waals surface area contributed by atoms with Gasteiger partial charge in [-0.3, -0.25) is 0 Å². The van der Waals surface area contributed by atoms with Crippen molar-refractivity contribution in [3.05, 3.63) is 59.2 Å². The minimum Gasteiger partial charge on any atom is -0.370 e. The fourth-order valence-corrected chi connectivity index (χ4v) is 5.94. The van der Waals surface area contributed by atoms with Crippen LogP contribution in [0, 0.1) is 0 Å². The van der Waals surface area contributed by atoms with Gasteiger partial charge in [-0.05, 0) is 61.6 Å². The summed E-state index contributed by atoms with van der Waals surface area (Å²) in [7, 11) is -1.55. The van der Waals surface area contributed by atoms with E-state index in [1.54, 1.807) is 16.4 Å². The molecular weight excluding hydrogens is 410 g/mol. The molecule has 8 heteroatoms. The molecule has 1 aliphatic carbocycles. The van der Waals surface area contributed by atoms with Crippen molar-refractivity contribution in [3.8, 4) is 0 Å². The van der Waals surface area contributed by atoms with Crippen molar-refractivity contribution in [2.45, 2.75) is 37.1 Å². The van der Waals surface area contributed by atoms with Gasteiger partial charge in [0.15, 0.2) is 5.96 Å². The maximum absolute atomic E-state index is 13.2. The SMILES string of the molecule is CN1CCN(S(=O)(=O)c2ccccc2CN=C(N)Nc2cccc3c2CCCC3)CC1. The molecule has 1 heterocycles. The zero-order chi connectivity index (χ0) is 21.8. The number of nitrogens with zero attached hydrogens (tertiary/aromatic N) is 3. The molecule has 4 rings (SSSR count). The first-order chi connectivity index (χ1) is 14.9. The highest BCUT2D eigenvalue weighted by Crippen LogP contribution is 2.28. The Labute approximate surface area is 185 Å². The fourth-order valence-electron chi connectivity index (χ4n) is 4.30. The average molecular weight is 442 g/mol. The van der Waals surface area contributed by atoms with E-state index in [0.29, 0.717) is 29.5 Å². The van der Waals surface area contributed by atoms with Gasteiger partial charge in [-0.1, -0.05) is 30.3 Å². The number of anilines is 1. The Kier molecular flexibility index (Phi) is 6.60. The van der Waals surface area contributed by atoms with E-state index in [4.69, 9.17) is 5.73 Å². The summed E-state index contributed by atoms with van der Waals surface area (Å²) in [6.07, 6.45) is 4.54. The summed E-state index contributed by atoms with van der Waals surface area (Å²) >= 11 is 0. The van der Waals surface area contributed by atoms with Gasteiger partial charge in [-0.25, -0.2) is 13.4 Å². The van der Waals surface area contributed by atoms with E-state index in [1.807, 2.05) is 31.3 Å². The van der Waals surface area contributed by atoms with Crippen LogP contribution in [0.3, 0.4) is 0 Å². The maximum atomic E-state index is 13.2. The highest BCUT2D eigenvalue weighted by Gasteiger charge is 2.29. The van der Waals surface area contributed by atoms with Gasteiger partial charge < -0.3 is 16.0 Å². The lowest BCUT2D eigenvalue weighted by molar-refractivity contribution is 0.222. The van der Waals surface area contributed by atoms with Crippen LogP contribution in [0.15, 0.2) is 52.4 Å². The minimum atomic E-state index is -3.56. The zero-order valence-corrected chi connectivity index (χ0v) is 18.9. The van der Waals surface area contributed by atoms with E-state index in [2.05, 4.69) is 21.3 Å². The second-order valence-electron chi connectivity index (χ2n) is 8.29. The van der Waals surface area contributed by atoms with Gasteiger partial charge in [0.2, 0.25) is 10.0 Å². The normalized spacial score (nSPS) is 18.5. The van der Waals surface area contributed by atoms with E-state index in [1.165, 1.54) is 24.0 Å². The van der Waals surface area contributed by atoms with Crippen molar-refractivity contribution in [3.63, 3.8) is 0 Å². The minimum absolute atomic E-state index is 0.205. The fraction of sp³-hybridized carbons (Fsp3) is 0.435.